The zero-order valence-electron chi connectivity index (χ0n) is 10.2. The van der Waals surface area contributed by atoms with Gasteiger partial charge in [0, 0.05) is 6.42 Å². The molecular formula is C12H12Cl2N4O. The third-order valence-corrected chi connectivity index (χ3v) is 3.10. The number of hydrogen-bond donors (Lipinski definition) is 1. The molecule has 0 aliphatic carbocycles. The van der Waals surface area contributed by atoms with E-state index in [-0.39, 0.29) is 5.91 Å². The number of rotatable bonds is 4. The Labute approximate surface area is 120 Å². The summed E-state index contributed by atoms with van der Waals surface area (Å²) in [7, 11) is 0. The number of carbonyl (C=O) groups is 1. The lowest BCUT2D eigenvalue weighted by molar-refractivity contribution is -0.116. The lowest BCUT2D eigenvalue weighted by Crippen LogP contribution is -2.11. The second-order valence-electron chi connectivity index (χ2n) is 3.95. The third-order valence-electron chi connectivity index (χ3n) is 2.48. The zero-order valence-corrected chi connectivity index (χ0v) is 11.7. The fraction of sp³-hybridized carbons (Fsp3) is 0.250. The fourth-order valence-corrected chi connectivity index (χ4v) is 2.06. The van der Waals surface area contributed by atoms with Crippen LogP contribution in [0.4, 0.5) is 5.69 Å². The van der Waals surface area contributed by atoms with Crippen molar-refractivity contribution in [2.45, 2.75) is 19.8 Å². The summed E-state index contributed by atoms with van der Waals surface area (Å²) in [6, 6.07) is 3.28. The van der Waals surface area contributed by atoms with Crippen LogP contribution in [0.1, 0.15) is 19.8 Å². The largest absolute Gasteiger partial charge is 0.325 e. The Morgan fingerprint density at radius 3 is 2.58 bits per heavy atom. The van der Waals surface area contributed by atoms with Crippen molar-refractivity contribution in [3.05, 3.63) is 34.8 Å². The molecule has 1 aromatic heterocycles. The van der Waals surface area contributed by atoms with Gasteiger partial charge in [-0.2, -0.15) is 0 Å². The Morgan fingerprint density at radius 1 is 1.26 bits per heavy atom. The van der Waals surface area contributed by atoms with Crippen molar-refractivity contribution in [1.29, 1.82) is 0 Å². The highest BCUT2D eigenvalue weighted by Crippen LogP contribution is 2.31. The molecule has 2 rings (SSSR count). The average Bonchev–Trinajstić information content (AvgIpc) is 2.87. The molecule has 0 aliphatic rings. The van der Waals surface area contributed by atoms with Crippen molar-refractivity contribution in [2.24, 2.45) is 0 Å². The molecule has 7 heteroatoms. The molecule has 0 aliphatic heterocycles. The molecule has 0 saturated carbocycles. The summed E-state index contributed by atoms with van der Waals surface area (Å²) in [6.07, 6.45) is 4.26. The van der Waals surface area contributed by atoms with Crippen molar-refractivity contribution >= 4 is 34.8 Å². The van der Waals surface area contributed by atoms with Crippen molar-refractivity contribution < 1.29 is 4.79 Å². The maximum absolute atomic E-state index is 11.6. The van der Waals surface area contributed by atoms with E-state index in [1.807, 2.05) is 6.92 Å². The number of nitrogens with zero attached hydrogens (tertiary/aromatic N) is 3. The maximum Gasteiger partial charge on any atom is 0.224 e. The Balaban J connectivity index is 2.29. The molecule has 100 valence electrons. The summed E-state index contributed by atoms with van der Waals surface area (Å²) in [5.41, 5.74) is 1.16. The molecule has 1 aromatic carbocycles. The Morgan fingerprint density at radius 2 is 1.95 bits per heavy atom. The van der Waals surface area contributed by atoms with Crippen molar-refractivity contribution in [1.82, 2.24) is 14.8 Å². The average molecular weight is 299 g/mol. The smallest absolute Gasteiger partial charge is 0.224 e. The van der Waals surface area contributed by atoms with Crippen molar-refractivity contribution in [2.75, 3.05) is 5.32 Å². The standard InChI is InChI=1S/C12H12Cl2N4O/c1-2-3-12(19)17-10-4-9(14)11(5-8(10)13)18-6-15-16-7-18/h4-7H,2-3H2,1H3,(H,17,19). The van der Waals surface area contributed by atoms with Gasteiger partial charge < -0.3 is 5.32 Å². The predicted molar refractivity (Wildman–Crippen MR) is 74.9 cm³/mol. The van der Waals surface area contributed by atoms with Crippen LogP contribution in [0.3, 0.4) is 0 Å². The van der Waals surface area contributed by atoms with Gasteiger partial charge in [0.25, 0.3) is 0 Å². The first-order valence-electron chi connectivity index (χ1n) is 5.75. The van der Waals surface area contributed by atoms with Gasteiger partial charge in [-0.15, -0.1) is 10.2 Å². The van der Waals surface area contributed by atoms with Crippen LogP contribution in [0.5, 0.6) is 0 Å². The number of halogens is 2. The molecule has 1 amide bonds. The molecule has 19 heavy (non-hydrogen) atoms. The van der Waals surface area contributed by atoms with Gasteiger partial charge in [-0.25, -0.2) is 0 Å². The van der Waals surface area contributed by atoms with E-state index in [4.69, 9.17) is 23.2 Å². The Bertz CT molecular complexity index is 584. The van der Waals surface area contributed by atoms with Crippen LogP contribution in [0.25, 0.3) is 5.69 Å². The van der Waals surface area contributed by atoms with E-state index in [2.05, 4.69) is 15.5 Å². The lowest BCUT2D eigenvalue weighted by Gasteiger charge is -2.11. The van der Waals surface area contributed by atoms with Gasteiger partial charge in [-0.05, 0) is 18.6 Å². The molecular weight excluding hydrogens is 287 g/mol. The van der Waals surface area contributed by atoms with Gasteiger partial charge in [-0.1, -0.05) is 30.1 Å². The number of nitrogens with one attached hydrogen (secondary N) is 1. The van der Waals surface area contributed by atoms with Crippen LogP contribution < -0.4 is 5.32 Å². The highest BCUT2D eigenvalue weighted by atomic mass is 35.5. The first kappa shape index (κ1) is 13.8. The molecule has 1 heterocycles. The van der Waals surface area contributed by atoms with Gasteiger partial charge in [0.05, 0.1) is 21.4 Å². The molecule has 0 radical (unpaired) electrons. The summed E-state index contributed by atoms with van der Waals surface area (Å²) < 4.78 is 1.64. The van der Waals surface area contributed by atoms with Crippen LogP contribution in [0, 0.1) is 0 Å². The molecule has 0 unspecified atom stereocenters. The first-order valence-corrected chi connectivity index (χ1v) is 6.51. The number of carbonyl (C=O) groups excluding carboxylic acids is 1. The second kappa shape index (κ2) is 6.04. The summed E-state index contributed by atoms with van der Waals surface area (Å²) in [5.74, 6) is -0.0856. The maximum atomic E-state index is 11.6. The normalized spacial score (nSPS) is 10.5. The van der Waals surface area contributed by atoms with Crippen molar-refractivity contribution in [3.8, 4) is 5.69 Å². The lowest BCUT2D eigenvalue weighted by atomic mass is 10.2. The molecule has 0 fully saturated rings. The molecule has 0 spiro atoms. The predicted octanol–water partition coefficient (Wildman–Crippen LogP) is 3.31. The van der Waals surface area contributed by atoms with E-state index in [0.717, 1.165) is 6.42 Å². The zero-order chi connectivity index (χ0) is 13.8. The summed E-state index contributed by atoms with van der Waals surface area (Å²) >= 11 is 12.3. The quantitative estimate of drug-likeness (QED) is 0.942. The van der Waals surface area contributed by atoms with Crippen LogP contribution in [0.15, 0.2) is 24.8 Å². The van der Waals surface area contributed by atoms with Crippen LogP contribution >= 0.6 is 23.2 Å². The molecule has 5 nitrogen and oxygen atoms in total. The third kappa shape index (κ3) is 3.24. The molecule has 0 saturated heterocycles. The molecule has 1 N–H and O–H groups in total. The van der Waals surface area contributed by atoms with E-state index in [1.165, 1.54) is 12.7 Å². The number of amides is 1. The molecule has 0 atom stereocenters. The number of benzene rings is 1. The summed E-state index contributed by atoms with van der Waals surface area (Å²) in [6.45, 7) is 1.93. The van der Waals surface area contributed by atoms with Gasteiger partial charge >= 0.3 is 0 Å². The van der Waals surface area contributed by atoms with E-state index in [9.17, 15) is 4.79 Å². The number of anilines is 1. The second-order valence-corrected chi connectivity index (χ2v) is 4.77. The van der Waals surface area contributed by atoms with E-state index < -0.39 is 0 Å². The highest BCUT2D eigenvalue weighted by Gasteiger charge is 2.11. The van der Waals surface area contributed by atoms with E-state index in [0.29, 0.717) is 27.8 Å². The monoisotopic (exact) mass is 298 g/mol. The van der Waals surface area contributed by atoms with E-state index >= 15 is 0 Å². The SMILES string of the molecule is CCCC(=O)Nc1cc(Cl)c(-n2cnnc2)cc1Cl. The van der Waals surface area contributed by atoms with Crippen LogP contribution in [-0.4, -0.2) is 20.7 Å². The summed E-state index contributed by atoms with van der Waals surface area (Å²) in [5, 5.41) is 11.0. The Hall–Kier alpha value is -1.59. The van der Waals surface area contributed by atoms with Gasteiger partial charge in [0.15, 0.2) is 0 Å². The van der Waals surface area contributed by atoms with Gasteiger partial charge in [0.1, 0.15) is 12.7 Å². The molecule has 0 bridgehead atoms. The minimum absolute atomic E-state index is 0.0856. The van der Waals surface area contributed by atoms with Crippen LogP contribution in [0.2, 0.25) is 10.0 Å². The Kier molecular flexibility index (Phi) is 4.39. The molecule has 2 aromatic rings. The first-order chi connectivity index (χ1) is 9.11. The van der Waals surface area contributed by atoms with Crippen molar-refractivity contribution in [3.63, 3.8) is 0 Å². The van der Waals surface area contributed by atoms with Gasteiger partial charge in [-0.3, -0.25) is 9.36 Å². The minimum atomic E-state index is -0.0856. The fourth-order valence-electron chi connectivity index (χ4n) is 1.59. The topological polar surface area (TPSA) is 59.8 Å². The number of aromatic nitrogens is 3. The minimum Gasteiger partial charge on any atom is -0.325 e. The summed E-state index contributed by atoms with van der Waals surface area (Å²) in [4.78, 5) is 11.6. The highest BCUT2D eigenvalue weighted by molar-refractivity contribution is 6.37. The van der Waals surface area contributed by atoms with Crippen LogP contribution in [-0.2, 0) is 4.79 Å². The van der Waals surface area contributed by atoms with Gasteiger partial charge in [0.2, 0.25) is 5.91 Å². The van der Waals surface area contributed by atoms with E-state index in [1.54, 1.807) is 16.7 Å². The number of hydrogen-bond acceptors (Lipinski definition) is 3.